The summed E-state index contributed by atoms with van der Waals surface area (Å²) >= 11 is 0. The summed E-state index contributed by atoms with van der Waals surface area (Å²) in [6.07, 6.45) is 0.374. The van der Waals surface area contributed by atoms with Crippen molar-refractivity contribution in [2.24, 2.45) is 5.92 Å². The molecule has 0 bridgehead atoms. The Morgan fingerprint density at radius 2 is 1.79 bits per heavy atom. The van der Waals surface area contributed by atoms with Gasteiger partial charge >= 0.3 is 11.9 Å². The van der Waals surface area contributed by atoms with Crippen molar-refractivity contribution < 1.29 is 28.7 Å². The molecule has 0 unspecified atom stereocenters. The van der Waals surface area contributed by atoms with Crippen LogP contribution in [0.1, 0.15) is 37.0 Å². The highest BCUT2D eigenvalue weighted by Crippen LogP contribution is 2.12. The number of ether oxygens (including phenoxy) is 2. The molecule has 0 saturated heterocycles. The van der Waals surface area contributed by atoms with Crippen LogP contribution >= 0.6 is 0 Å². The number of nitrogens with zero attached hydrogens (tertiary/aromatic N) is 1. The van der Waals surface area contributed by atoms with Crippen molar-refractivity contribution in [2.75, 3.05) is 19.0 Å². The standard InChI is InChI=1S/C19H23N3O6/c1-4-12(2)17(19(26)27-3)22-16(24)11-28-18(25)13-5-7-14(8-6-13)21-15(23)9-10-20/h5-8,12,17H,4,9,11H2,1-3H3,(H,21,23)(H,22,24)/t12-,17+/m1/s1. The Morgan fingerprint density at radius 1 is 1.14 bits per heavy atom. The maximum atomic E-state index is 12.0. The number of hydrogen-bond acceptors (Lipinski definition) is 7. The average molecular weight is 389 g/mol. The first kappa shape index (κ1) is 22.6. The Morgan fingerprint density at radius 3 is 2.32 bits per heavy atom. The molecule has 28 heavy (non-hydrogen) atoms. The average Bonchev–Trinajstić information content (AvgIpc) is 2.69. The van der Waals surface area contributed by atoms with Gasteiger partial charge in [0, 0.05) is 5.69 Å². The molecule has 0 aliphatic carbocycles. The predicted octanol–water partition coefficient (Wildman–Crippen LogP) is 1.40. The lowest BCUT2D eigenvalue weighted by atomic mass is 9.99. The molecule has 1 aromatic carbocycles. The zero-order valence-electron chi connectivity index (χ0n) is 16.0. The van der Waals surface area contributed by atoms with Crippen LogP contribution in [0.2, 0.25) is 0 Å². The maximum absolute atomic E-state index is 12.0. The third-order valence-corrected chi connectivity index (χ3v) is 3.96. The molecule has 2 N–H and O–H groups in total. The number of carbonyl (C=O) groups excluding carboxylic acids is 4. The smallest absolute Gasteiger partial charge is 0.338 e. The molecule has 2 amide bonds. The fourth-order valence-electron chi connectivity index (χ4n) is 2.19. The topological polar surface area (TPSA) is 135 Å². The van der Waals surface area contributed by atoms with E-state index in [1.165, 1.54) is 31.4 Å². The zero-order valence-corrected chi connectivity index (χ0v) is 16.0. The highest BCUT2D eigenvalue weighted by atomic mass is 16.5. The molecule has 2 atom stereocenters. The number of carbonyl (C=O) groups is 4. The maximum Gasteiger partial charge on any atom is 0.338 e. The van der Waals surface area contributed by atoms with Crippen molar-refractivity contribution in [3.63, 3.8) is 0 Å². The van der Waals surface area contributed by atoms with Crippen molar-refractivity contribution in [2.45, 2.75) is 32.7 Å². The van der Waals surface area contributed by atoms with Gasteiger partial charge in [-0.2, -0.15) is 5.26 Å². The van der Waals surface area contributed by atoms with Crippen LogP contribution in [0, 0.1) is 17.2 Å². The SMILES string of the molecule is CC[C@@H](C)[C@H](NC(=O)COC(=O)c1ccc(NC(=O)CC#N)cc1)C(=O)OC. The number of hydrogen-bond donors (Lipinski definition) is 2. The molecular weight excluding hydrogens is 366 g/mol. The van der Waals surface area contributed by atoms with Gasteiger partial charge in [-0.05, 0) is 30.2 Å². The van der Waals surface area contributed by atoms with E-state index in [4.69, 9.17) is 10.00 Å². The number of anilines is 1. The third kappa shape index (κ3) is 7.07. The van der Waals surface area contributed by atoms with Crippen molar-refractivity contribution in [1.29, 1.82) is 5.26 Å². The van der Waals surface area contributed by atoms with Gasteiger partial charge in [0.15, 0.2) is 6.61 Å². The lowest BCUT2D eigenvalue weighted by Gasteiger charge is -2.21. The molecular formula is C19H23N3O6. The molecule has 0 heterocycles. The van der Waals surface area contributed by atoms with Gasteiger partial charge in [-0.15, -0.1) is 0 Å². The van der Waals surface area contributed by atoms with Gasteiger partial charge in [0.05, 0.1) is 18.7 Å². The summed E-state index contributed by atoms with van der Waals surface area (Å²) in [5.41, 5.74) is 0.599. The second-order valence-electron chi connectivity index (χ2n) is 5.99. The molecule has 0 spiro atoms. The number of nitrogens with one attached hydrogen (secondary N) is 2. The third-order valence-electron chi connectivity index (χ3n) is 3.96. The number of esters is 2. The minimum absolute atomic E-state index is 0.143. The van der Waals surface area contributed by atoms with Crippen LogP contribution in [0.3, 0.4) is 0 Å². The van der Waals surface area contributed by atoms with E-state index in [0.29, 0.717) is 12.1 Å². The number of benzene rings is 1. The molecule has 0 fully saturated rings. The summed E-state index contributed by atoms with van der Waals surface area (Å²) in [7, 11) is 1.23. The van der Waals surface area contributed by atoms with E-state index < -0.39 is 36.4 Å². The largest absolute Gasteiger partial charge is 0.467 e. The molecule has 0 radical (unpaired) electrons. The molecule has 0 aliphatic rings. The normalized spacial score (nSPS) is 12.1. The van der Waals surface area contributed by atoms with E-state index in [-0.39, 0.29) is 17.9 Å². The Hall–Kier alpha value is -3.41. The number of methoxy groups -OCH3 is 1. The highest BCUT2D eigenvalue weighted by Gasteiger charge is 2.27. The van der Waals surface area contributed by atoms with E-state index in [0.717, 1.165) is 0 Å². The van der Waals surface area contributed by atoms with E-state index in [9.17, 15) is 19.2 Å². The summed E-state index contributed by atoms with van der Waals surface area (Å²) in [6, 6.07) is 6.68. The Labute approximate surface area is 163 Å². The summed E-state index contributed by atoms with van der Waals surface area (Å²) in [4.78, 5) is 47.1. The van der Waals surface area contributed by atoms with E-state index >= 15 is 0 Å². The van der Waals surface area contributed by atoms with Crippen molar-refractivity contribution >= 4 is 29.4 Å². The van der Waals surface area contributed by atoms with Crippen LogP contribution in [0.5, 0.6) is 0 Å². The van der Waals surface area contributed by atoms with E-state index in [1.54, 1.807) is 13.0 Å². The van der Waals surface area contributed by atoms with E-state index in [1.807, 2.05) is 6.92 Å². The first-order valence-electron chi connectivity index (χ1n) is 8.63. The Kier molecular flexibility index (Phi) is 9.16. The van der Waals surface area contributed by atoms with Crippen LogP contribution in [-0.4, -0.2) is 43.5 Å². The Bertz CT molecular complexity index is 754. The first-order valence-corrected chi connectivity index (χ1v) is 8.63. The van der Waals surface area contributed by atoms with Gasteiger partial charge in [-0.25, -0.2) is 9.59 Å². The van der Waals surface area contributed by atoms with Gasteiger partial charge in [-0.1, -0.05) is 20.3 Å². The van der Waals surface area contributed by atoms with Gasteiger partial charge in [0.2, 0.25) is 5.91 Å². The lowest BCUT2D eigenvalue weighted by Crippen LogP contribution is -2.47. The van der Waals surface area contributed by atoms with Gasteiger partial charge in [0.25, 0.3) is 5.91 Å². The monoisotopic (exact) mass is 389 g/mol. The molecule has 0 aromatic heterocycles. The summed E-state index contributed by atoms with van der Waals surface area (Å²) in [6.45, 7) is 3.12. The van der Waals surface area contributed by atoms with Crippen LogP contribution in [0.25, 0.3) is 0 Å². The fourth-order valence-corrected chi connectivity index (χ4v) is 2.19. The molecule has 1 rings (SSSR count). The molecule has 0 aliphatic heterocycles. The van der Waals surface area contributed by atoms with Crippen molar-refractivity contribution in [3.8, 4) is 6.07 Å². The second kappa shape index (κ2) is 11.3. The van der Waals surface area contributed by atoms with Crippen LogP contribution in [0.15, 0.2) is 24.3 Å². The highest BCUT2D eigenvalue weighted by molar-refractivity contribution is 5.94. The molecule has 9 heteroatoms. The molecule has 0 saturated carbocycles. The summed E-state index contributed by atoms with van der Waals surface area (Å²) in [5.74, 6) is -2.53. The number of amides is 2. The van der Waals surface area contributed by atoms with Crippen LogP contribution in [0.4, 0.5) is 5.69 Å². The minimum Gasteiger partial charge on any atom is -0.467 e. The Balaban J connectivity index is 2.59. The van der Waals surface area contributed by atoms with Gasteiger partial charge < -0.3 is 20.1 Å². The summed E-state index contributed by atoms with van der Waals surface area (Å²) in [5, 5.41) is 13.4. The number of rotatable bonds is 9. The molecule has 1 aromatic rings. The van der Waals surface area contributed by atoms with Crippen LogP contribution < -0.4 is 10.6 Å². The summed E-state index contributed by atoms with van der Waals surface area (Å²) < 4.78 is 9.62. The first-order chi connectivity index (χ1) is 13.3. The predicted molar refractivity (Wildman–Crippen MR) is 99.0 cm³/mol. The van der Waals surface area contributed by atoms with Crippen LogP contribution in [-0.2, 0) is 23.9 Å². The lowest BCUT2D eigenvalue weighted by molar-refractivity contribution is -0.147. The fraction of sp³-hybridized carbons (Fsp3) is 0.421. The van der Waals surface area contributed by atoms with Crippen molar-refractivity contribution in [3.05, 3.63) is 29.8 Å². The number of nitriles is 1. The van der Waals surface area contributed by atoms with Crippen molar-refractivity contribution in [1.82, 2.24) is 5.32 Å². The second-order valence-corrected chi connectivity index (χ2v) is 5.99. The zero-order chi connectivity index (χ0) is 21.1. The minimum atomic E-state index is -0.822. The quantitative estimate of drug-likeness (QED) is 0.610. The molecule has 150 valence electrons. The van der Waals surface area contributed by atoms with Gasteiger partial charge in [0.1, 0.15) is 12.5 Å². The molecule has 9 nitrogen and oxygen atoms in total. The van der Waals surface area contributed by atoms with Gasteiger partial charge in [-0.3, -0.25) is 9.59 Å². The van der Waals surface area contributed by atoms with E-state index in [2.05, 4.69) is 15.4 Å².